The molecule has 2 aromatic rings. The van der Waals surface area contributed by atoms with Crippen LogP contribution in [0.25, 0.3) is 0 Å². The van der Waals surface area contributed by atoms with Crippen LogP contribution in [0, 0.1) is 11.3 Å². The van der Waals surface area contributed by atoms with Crippen molar-refractivity contribution in [3.8, 4) is 0 Å². The summed E-state index contributed by atoms with van der Waals surface area (Å²) >= 11 is 1.75. The third-order valence-corrected chi connectivity index (χ3v) is 7.14. The predicted octanol–water partition coefficient (Wildman–Crippen LogP) is 3.61. The first-order valence-corrected chi connectivity index (χ1v) is 13.0. The second-order valence-corrected chi connectivity index (χ2v) is 10.3. The third kappa shape index (κ3) is 9.55. The normalized spacial score (nSPS) is 20.9. The van der Waals surface area contributed by atoms with Crippen LogP contribution >= 0.6 is 11.3 Å². The van der Waals surface area contributed by atoms with Crippen molar-refractivity contribution < 1.29 is 50.9 Å². The fraction of sp³-hybridized carbons (Fsp3) is 0.542. The number of amides is 1. The van der Waals surface area contributed by atoms with Crippen LogP contribution in [0.1, 0.15) is 18.4 Å². The Kier molecular flexibility index (Phi) is 11.5. The largest absolute Gasteiger partial charge is 0.490 e. The highest BCUT2D eigenvalue weighted by molar-refractivity contribution is 7.07. The van der Waals surface area contributed by atoms with E-state index in [0.29, 0.717) is 6.54 Å². The SMILES string of the molecule is CN(C)C(=O)[C@]12CCCN(Cc3ccsc3)C[C@H]1CN(c1ncccn1)C2.O=C(O)C(F)(F)F.O=C(O)C(F)(F)F. The van der Waals surface area contributed by atoms with Gasteiger partial charge in [0.25, 0.3) is 0 Å². The van der Waals surface area contributed by atoms with E-state index < -0.39 is 24.3 Å². The summed E-state index contributed by atoms with van der Waals surface area (Å²) in [4.78, 5) is 46.5. The van der Waals surface area contributed by atoms with Gasteiger partial charge >= 0.3 is 24.3 Å². The number of carbonyl (C=O) groups is 3. The van der Waals surface area contributed by atoms with Crippen molar-refractivity contribution in [3.05, 3.63) is 40.8 Å². The number of alkyl halides is 6. The van der Waals surface area contributed by atoms with Gasteiger partial charge in [0.15, 0.2) is 0 Å². The number of thiophene rings is 1. The molecule has 2 aromatic heterocycles. The number of nitrogens with zero attached hydrogens (tertiary/aromatic N) is 5. The van der Waals surface area contributed by atoms with E-state index in [1.165, 1.54) is 5.56 Å². The molecule has 2 fully saturated rings. The Labute approximate surface area is 235 Å². The van der Waals surface area contributed by atoms with E-state index in [1.54, 1.807) is 28.6 Å². The van der Waals surface area contributed by atoms with Crippen molar-refractivity contribution in [1.82, 2.24) is 19.8 Å². The zero-order valence-electron chi connectivity index (χ0n) is 22.0. The second kappa shape index (κ2) is 13.9. The molecule has 0 aromatic carbocycles. The zero-order valence-corrected chi connectivity index (χ0v) is 22.8. The number of rotatable bonds is 4. The lowest BCUT2D eigenvalue weighted by molar-refractivity contribution is -0.193. The van der Waals surface area contributed by atoms with Gasteiger partial charge in [-0.25, -0.2) is 19.6 Å². The molecule has 0 spiro atoms. The maximum absolute atomic E-state index is 13.3. The molecule has 0 saturated carbocycles. The molecule has 0 unspecified atom stereocenters. The summed E-state index contributed by atoms with van der Waals surface area (Å²) in [6.07, 6.45) is -4.64. The molecule has 0 aliphatic carbocycles. The fourth-order valence-electron chi connectivity index (χ4n) is 4.70. The quantitative estimate of drug-likeness (QED) is 0.498. The molecule has 228 valence electrons. The maximum atomic E-state index is 13.3. The van der Waals surface area contributed by atoms with Gasteiger partial charge in [-0.3, -0.25) is 9.69 Å². The van der Waals surface area contributed by atoms with Gasteiger partial charge in [0.2, 0.25) is 11.9 Å². The minimum Gasteiger partial charge on any atom is -0.475 e. The van der Waals surface area contributed by atoms with Crippen molar-refractivity contribution >= 4 is 35.1 Å². The summed E-state index contributed by atoms with van der Waals surface area (Å²) in [6, 6.07) is 4.04. The number of fused-ring (bicyclic) bond motifs is 1. The van der Waals surface area contributed by atoms with Crippen LogP contribution in [0.2, 0.25) is 0 Å². The van der Waals surface area contributed by atoms with Crippen LogP contribution in [-0.2, 0) is 20.9 Å². The van der Waals surface area contributed by atoms with Crippen molar-refractivity contribution in [2.24, 2.45) is 11.3 Å². The highest BCUT2D eigenvalue weighted by Gasteiger charge is 2.54. The molecule has 2 aliphatic rings. The van der Waals surface area contributed by atoms with Gasteiger partial charge in [0, 0.05) is 58.6 Å². The van der Waals surface area contributed by atoms with Crippen molar-refractivity contribution in [2.45, 2.75) is 31.7 Å². The first kappa shape index (κ1) is 33.7. The van der Waals surface area contributed by atoms with E-state index in [-0.39, 0.29) is 17.2 Å². The summed E-state index contributed by atoms with van der Waals surface area (Å²) in [5.74, 6) is -4.23. The Morgan fingerprint density at radius 2 is 1.61 bits per heavy atom. The van der Waals surface area contributed by atoms with Gasteiger partial charge in [0.05, 0.1) is 5.41 Å². The lowest BCUT2D eigenvalue weighted by Gasteiger charge is -2.34. The van der Waals surface area contributed by atoms with E-state index in [1.807, 2.05) is 20.2 Å². The minimum atomic E-state index is -5.08. The highest BCUT2D eigenvalue weighted by atomic mass is 32.1. The van der Waals surface area contributed by atoms with Gasteiger partial charge in [-0.2, -0.15) is 37.7 Å². The van der Waals surface area contributed by atoms with Gasteiger partial charge < -0.3 is 20.0 Å². The standard InChI is InChI=1S/C20H27N5OS.2C2HF3O2/c1-23(2)18(26)20-6-3-9-24(11-16-5-10-27-14-16)12-17(20)13-25(15-20)19-21-7-4-8-22-19;2*3-2(4,5)1(6)7/h4-5,7-8,10,14,17H,3,6,9,11-13,15H2,1-2H3;2*(H,6,7)/t17-,20-;;/m0../s1. The summed E-state index contributed by atoms with van der Waals surface area (Å²) < 4.78 is 63.5. The lowest BCUT2D eigenvalue weighted by Crippen LogP contribution is -2.47. The monoisotopic (exact) mass is 613 g/mol. The van der Waals surface area contributed by atoms with Crippen LogP contribution in [-0.4, -0.2) is 100 Å². The summed E-state index contributed by atoms with van der Waals surface area (Å²) in [5, 5.41) is 18.6. The Morgan fingerprint density at radius 3 is 2.07 bits per heavy atom. The van der Waals surface area contributed by atoms with Crippen LogP contribution < -0.4 is 4.90 Å². The molecular formula is C24H29F6N5O5S. The Balaban J connectivity index is 0.000000349. The molecule has 0 bridgehead atoms. The molecule has 2 atom stereocenters. The van der Waals surface area contributed by atoms with E-state index >= 15 is 0 Å². The van der Waals surface area contributed by atoms with Crippen LogP contribution in [0.3, 0.4) is 0 Å². The summed E-state index contributed by atoms with van der Waals surface area (Å²) in [6.45, 7) is 4.51. The van der Waals surface area contributed by atoms with E-state index in [0.717, 1.165) is 45.0 Å². The molecule has 2 saturated heterocycles. The number of likely N-dealkylation sites (tertiary alicyclic amines) is 1. The van der Waals surface area contributed by atoms with E-state index in [4.69, 9.17) is 19.8 Å². The van der Waals surface area contributed by atoms with Crippen LogP contribution in [0.15, 0.2) is 35.3 Å². The molecule has 4 rings (SSSR count). The Hall–Kier alpha value is -3.47. The van der Waals surface area contributed by atoms with Crippen molar-refractivity contribution in [3.63, 3.8) is 0 Å². The van der Waals surface area contributed by atoms with Crippen LogP contribution in [0.4, 0.5) is 32.3 Å². The average molecular weight is 614 g/mol. The molecule has 2 aliphatic heterocycles. The van der Waals surface area contributed by atoms with Crippen LogP contribution in [0.5, 0.6) is 0 Å². The zero-order chi connectivity index (χ0) is 31.0. The first-order valence-electron chi connectivity index (χ1n) is 12.0. The molecule has 0 radical (unpaired) electrons. The number of hydrogen-bond donors (Lipinski definition) is 2. The maximum Gasteiger partial charge on any atom is 0.490 e. The van der Waals surface area contributed by atoms with Gasteiger partial charge in [0.1, 0.15) is 0 Å². The van der Waals surface area contributed by atoms with Gasteiger partial charge in [-0.15, -0.1) is 0 Å². The topological polar surface area (TPSA) is 127 Å². The first-order chi connectivity index (χ1) is 19.0. The Morgan fingerprint density at radius 1 is 1.05 bits per heavy atom. The number of aliphatic carboxylic acids is 2. The number of carbonyl (C=O) groups excluding carboxylic acids is 1. The summed E-state index contributed by atoms with van der Waals surface area (Å²) in [7, 11) is 3.76. The number of carboxylic acids is 2. The fourth-order valence-corrected chi connectivity index (χ4v) is 5.36. The van der Waals surface area contributed by atoms with Crippen molar-refractivity contribution in [2.75, 3.05) is 45.2 Å². The number of halogens is 6. The smallest absolute Gasteiger partial charge is 0.475 e. The molecule has 10 nitrogen and oxygen atoms in total. The summed E-state index contributed by atoms with van der Waals surface area (Å²) in [5.41, 5.74) is 1.03. The average Bonchev–Trinajstić information content (AvgIpc) is 3.48. The number of carboxylic acid groups (broad SMARTS) is 2. The minimum absolute atomic E-state index is 0.253. The Bertz CT molecular complexity index is 1130. The molecule has 41 heavy (non-hydrogen) atoms. The van der Waals surface area contributed by atoms with Gasteiger partial charge in [-0.05, 0) is 47.8 Å². The molecular weight excluding hydrogens is 584 g/mol. The number of aromatic nitrogens is 2. The molecule has 17 heteroatoms. The molecule has 4 heterocycles. The van der Waals surface area contributed by atoms with Gasteiger partial charge in [-0.1, -0.05) is 0 Å². The predicted molar refractivity (Wildman–Crippen MR) is 135 cm³/mol. The van der Waals surface area contributed by atoms with E-state index in [2.05, 4.69) is 36.6 Å². The second-order valence-electron chi connectivity index (χ2n) is 9.56. The molecule has 1 amide bonds. The highest BCUT2D eigenvalue weighted by Crippen LogP contribution is 2.44. The third-order valence-electron chi connectivity index (χ3n) is 6.41. The number of hydrogen-bond acceptors (Lipinski definition) is 8. The lowest BCUT2D eigenvalue weighted by atomic mass is 9.74. The van der Waals surface area contributed by atoms with E-state index in [9.17, 15) is 31.1 Å². The number of anilines is 1. The molecule has 2 N–H and O–H groups in total. The van der Waals surface area contributed by atoms with Crippen molar-refractivity contribution in [1.29, 1.82) is 0 Å².